The molecular formula is C16H29NO13. The number of carbonyl (C=O) groups is 1. The van der Waals surface area contributed by atoms with Gasteiger partial charge in [-0.1, -0.05) is 0 Å². The lowest BCUT2D eigenvalue weighted by Gasteiger charge is -2.45. The maximum Gasteiger partial charge on any atom is 0.323 e. The molecule has 0 aromatic carbocycles. The summed E-state index contributed by atoms with van der Waals surface area (Å²) in [7, 11) is 0. The van der Waals surface area contributed by atoms with Crippen molar-refractivity contribution in [2.45, 2.75) is 73.9 Å². The van der Waals surface area contributed by atoms with Crippen LogP contribution in [0.1, 0.15) is 6.42 Å². The van der Waals surface area contributed by atoms with Crippen LogP contribution in [0.25, 0.3) is 0 Å². The number of rotatable bonds is 8. The molecule has 2 heterocycles. The molecule has 2 saturated heterocycles. The molecule has 0 bridgehead atoms. The minimum atomic E-state index is -1.82. The standard InChI is InChI=1S/C16H29NO13/c17-5(1-2-18)14(25)27-4-7-8(20)9(21)12(24)16(29-7)30-13-6(3-19)28-15(26)11(23)10(13)22/h5-13,15-16,18-24,26H,1-4,17H2/t5-,6+,7+,8-,9-,10+,11+,12+,13+,15-,16-/m0/s1. The van der Waals surface area contributed by atoms with Crippen molar-refractivity contribution in [1.29, 1.82) is 0 Å². The number of hydrogen-bond acceptors (Lipinski definition) is 14. The highest BCUT2D eigenvalue weighted by atomic mass is 16.7. The minimum Gasteiger partial charge on any atom is -0.462 e. The summed E-state index contributed by atoms with van der Waals surface area (Å²) in [5, 5.41) is 77.8. The number of hydrogen-bond donors (Lipinski definition) is 9. The third-order valence-corrected chi connectivity index (χ3v) is 4.93. The molecular weight excluding hydrogens is 414 g/mol. The van der Waals surface area contributed by atoms with Gasteiger partial charge in [-0.05, 0) is 6.42 Å². The molecule has 0 spiro atoms. The molecule has 14 nitrogen and oxygen atoms in total. The summed E-state index contributed by atoms with van der Waals surface area (Å²) in [5.41, 5.74) is 5.49. The quantitative estimate of drug-likeness (QED) is 0.159. The zero-order chi connectivity index (χ0) is 22.6. The first-order valence-corrected chi connectivity index (χ1v) is 9.31. The van der Waals surface area contributed by atoms with E-state index in [2.05, 4.69) is 0 Å². The monoisotopic (exact) mass is 443 g/mol. The van der Waals surface area contributed by atoms with Crippen LogP contribution in [-0.2, 0) is 23.7 Å². The Morgan fingerprint density at radius 1 is 0.900 bits per heavy atom. The predicted octanol–water partition coefficient (Wildman–Crippen LogP) is -6.14. The highest BCUT2D eigenvalue weighted by Gasteiger charge is 2.50. The van der Waals surface area contributed by atoms with Gasteiger partial charge >= 0.3 is 5.97 Å². The van der Waals surface area contributed by atoms with Crippen molar-refractivity contribution in [1.82, 2.24) is 0 Å². The molecule has 30 heavy (non-hydrogen) atoms. The third kappa shape index (κ3) is 5.61. The van der Waals surface area contributed by atoms with Gasteiger partial charge in [-0.2, -0.15) is 0 Å². The van der Waals surface area contributed by atoms with Crippen molar-refractivity contribution < 1.29 is 64.6 Å². The predicted molar refractivity (Wildman–Crippen MR) is 92.2 cm³/mol. The van der Waals surface area contributed by atoms with E-state index in [0.717, 1.165) is 0 Å². The van der Waals surface area contributed by atoms with Gasteiger partial charge in [0.2, 0.25) is 0 Å². The van der Waals surface area contributed by atoms with Crippen molar-refractivity contribution in [2.24, 2.45) is 5.73 Å². The summed E-state index contributed by atoms with van der Waals surface area (Å²) >= 11 is 0. The number of nitrogens with two attached hydrogens (primary N) is 1. The van der Waals surface area contributed by atoms with Gasteiger partial charge in [0, 0.05) is 6.61 Å². The van der Waals surface area contributed by atoms with Gasteiger partial charge in [0.15, 0.2) is 12.6 Å². The fourth-order valence-electron chi connectivity index (χ4n) is 3.08. The van der Waals surface area contributed by atoms with Gasteiger partial charge in [-0.15, -0.1) is 0 Å². The Hall–Kier alpha value is -1.01. The summed E-state index contributed by atoms with van der Waals surface area (Å²) in [6.07, 6.45) is -16.6. The van der Waals surface area contributed by atoms with Crippen LogP contribution in [0.5, 0.6) is 0 Å². The van der Waals surface area contributed by atoms with E-state index >= 15 is 0 Å². The lowest BCUT2D eigenvalue weighted by molar-refractivity contribution is -0.355. The van der Waals surface area contributed by atoms with E-state index in [9.17, 15) is 40.5 Å². The van der Waals surface area contributed by atoms with Gasteiger partial charge in [0.1, 0.15) is 61.5 Å². The summed E-state index contributed by atoms with van der Waals surface area (Å²) in [6.45, 7) is -1.67. The Bertz CT molecular complexity index is 551. The minimum absolute atomic E-state index is 0.0592. The van der Waals surface area contributed by atoms with Gasteiger partial charge in [0.05, 0.1) is 6.61 Å². The number of aliphatic hydroxyl groups is 8. The smallest absolute Gasteiger partial charge is 0.323 e. The lowest BCUT2D eigenvalue weighted by Crippen LogP contribution is -2.64. The molecule has 0 saturated carbocycles. The van der Waals surface area contributed by atoms with E-state index in [1.54, 1.807) is 0 Å². The van der Waals surface area contributed by atoms with Crippen LogP contribution in [0.4, 0.5) is 0 Å². The van der Waals surface area contributed by atoms with E-state index in [4.69, 9.17) is 29.8 Å². The summed E-state index contributed by atoms with van der Waals surface area (Å²) in [6, 6.07) is -1.12. The van der Waals surface area contributed by atoms with E-state index in [1.165, 1.54) is 0 Å². The second-order valence-corrected chi connectivity index (χ2v) is 7.09. The largest absolute Gasteiger partial charge is 0.462 e. The topological polar surface area (TPSA) is 242 Å². The lowest BCUT2D eigenvalue weighted by atomic mass is 9.97. The number of aliphatic hydroxyl groups excluding tert-OH is 8. The van der Waals surface area contributed by atoms with E-state index < -0.39 is 86.6 Å². The van der Waals surface area contributed by atoms with E-state index in [0.29, 0.717) is 0 Å². The van der Waals surface area contributed by atoms with Gasteiger partial charge < -0.3 is 65.5 Å². The average Bonchev–Trinajstić information content (AvgIpc) is 2.72. The molecule has 0 aromatic rings. The van der Waals surface area contributed by atoms with Gasteiger partial charge in [-0.25, -0.2) is 0 Å². The second kappa shape index (κ2) is 11.0. The normalized spacial score (nSPS) is 43.2. The first-order chi connectivity index (χ1) is 14.1. The van der Waals surface area contributed by atoms with Gasteiger partial charge in [-0.3, -0.25) is 4.79 Å². The number of esters is 1. The van der Waals surface area contributed by atoms with Crippen molar-refractivity contribution in [3.8, 4) is 0 Å². The molecule has 0 aliphatic carbocycles. The molecule has 176 valence electrons. The molecule has 0 unspecified atom stereocenters. The molecule has 14 heteroatoms. The van der Waals surface area contributed by atoms with Crippen molar-refractivity contribution in [3.63, 3.8) is 0 Å². The van der Waals surface area contributed by atoms with Crippen LogP contribution in [0, 0.1) is 0 Å². The second-order valence-electron chi connectivity index (χ2n) is 7.09. The number of carbonyl (C=O) groups excluding carboxylic acids is 1. The van der Waals surface area contributed by atoms with Gasteiger partial charge in [0.25, 0.3) is 0 Å². The van der Waals surface area contributed by atoms with Crippen LogP contribution in [-0.4, -0.2) is 134 Å². The zero-order valence-electron chi connectivity index (χ0n) is 15.9. The Balaban J connectivity index is 2.05. The molecule has 11 atom stereocenters. The number of ether oxygens (including phenoxy) is 4. The maximum atomic E-state index is 11.8. The van der Waals surface area contributed by atoms with Crippen molar-refractivity contribution in [2.75, 3.05) is 19.8 Å². The molecule has 0 amide bonds. The molecule has 0 aromatic heterocycles. The van der Waals surface area contributed by atoms with Crippen molar-refractivity contribution in [3.05, 3.63) is 0 Å². The molecule has 2 rings (SSSR count). The van der Waals surface area contributed by atoms with Crippen LogP contribution in [0.2, 0.25) is 0 Å². The summed E-state index contributed by atoms with van der Waals surface area (Å²) in [5.74, 6) is -0.897. The Morgan fingerprint density at radius 2 is 1.57 bits per heavy atom. The fourth-order valence-corrected chi connectivity index (χ4v) is 3.08. The average molecular weight is 443 g/mol. The van der Waals surface area contributed by atoms with Crippen molar-refractivity contribution >= 4 is 5.97 Å². The summed E-state index contributed by atoms with van der Waals surface area (Å²) < 4.78 is 20.5. The van der Waals surface area contributed by atoms with Crippen LogP contribution >= 0.6 is 0 Å². The summed E-state index contributed by atoms with van der Waals surface area (Å²) in [4.78, 5) is 11.8. The Kier molecular flexibility index (Phi) is 9.29. The SMILES string of the molecule is N[C@@H](CCO)C(=O)OC[C@H]1O[C@@H](O[C@H]2[C@H](O)[C@@H](O)[C@@H](O)O[C@@H]2CO)[C@H](O)[C@@H](O)[C@H]1O. The highest BCUT2D eigenvalue weighted by Crippen LogP contribution is 2.28. The Morgan fingerprint density at radius 3 is 2.17 bits per heavy atom. The first-order valence-electron chi connectivity index (χ1n) is 9.31. The highest BCUT2D eigenvalue weighted by molar-refractivity contribution is 5.75. The molecule has 2 aliphatic heterocycles. The first kappa shape index (κ1) is 25.3. The third-order valence-electron chi connectivity index (χ3n) is 4.93. The van der Waals surface area contributed by atoms with Crippen LogP contribution in [0.15, 0.2) is 0 Å². The molecule has 2 fully saturated rings. The molecule has 0 radical (unpaired) electrons. The zero-order valence-corrected chi connectivity index (χ0v) is 15.9. The van der Waals surface area contributed by atoms with E-state index in [1.807, 2.05) is 0 Å². The molecule has 10 N–H and O–H groups in total. The van der Waals surface area contributed by atoms with Crippen LogP contribution < -0.4 is 5.73 Å². The fraction of sp³-hybridized carbons (Fsp3) is 0.938. The van der Waals surface area contributed by atoms with Crippen LogP contribution in [0.3, 0.4) is 0 Å². The molecule has 2 aliphatic rings. The van der Waals surface area contributed by atoms with E-state index in [-0.39, 0.29) is 13.0 Å². The Labute approximate surface area is 171 Å². The maximum absolute atomic E-state index is 11.8.